The molecule has 0 saturated carbocycles. The Morgan fingerprint density at radius 3 is 2.53 bits per heavy atom. The lowest BCUT2D eigenvalue weighted by atomic mass is 10.1. The second-order valence-corrected chi connectivity index (χ2v) is 4.48. The zero-order valence-corrected chi connectivity index (χ0v) is 10.4. The Morgan fingerprint density at radius 1 is 1.12 bits per heavy atom. The second kappa shape index (κ2) is 5.01. The highest BCUT2D eigenvalue weighted by atomic mass is 32.1. The van der Waals surface area contributed by atoms with Gasteiger partial charge in [0.2, 0.25) is 0 Å². The summed E-state index contributed by atoms with van der Waals surface area (Å²) in [4.78, 5) is 12.4. The Labute approximate surface area is 104 Å². The van der Waals surface area contributed by atoms with Crippen molar-refractivity contribution in [2.24, 2.45) is 0 Å². The van der Waals surface area contributed by atoms with Crippen molar-refractivity contribution < 1.29 is 14.3 Å². The van der Waals surface area contributed by atoms with Gasteiger partial charge in [0.05, 0.1) is 19.1 Å². The quantitative estimate of drug-likeness (QED) is 0.779. The number of carbonyl (C=O) groups is 1. The summed E-state index contributed by atoms with van der Waals surface area (Å²) in [5.74, 6) is 1.38. The summed E-state index contributed by atoms with van der Waals surface area (Å²) in [7, 11) is 3.21. The summed E-state index contributed by atoms with van der Waals surface area (Å²) in [6, 6.07) is 9.40. The van der Waals surface area contributed by atoms with Crippen molar-refractivity contribution in [1.82, 2.24) is 0 Å². The topological polar surface area (TPSA) is 35.5 Å². The number of thiophene rings is 1. The molecule has 88 valence electrons. The van der Waals surface area contributed by atoms with Crippen LogP contribution in [0.15, 0.2) is 30.3 Å². The van der Waals surface area contributed by atoms with Crippen LogP contribution in [0.5, 0.6) is 11.5 Å². The molecular weight excluding hydrogens is 236 g/mol. The van der Waals surface area contributed by atoms with Gasteiger partial charge in [0.25, 0.3) is 0 Å². The Bertz CT molecular complexity index is 531. The van der Waals surface area contributed by atoms with Crippen molar-refractivity contribution in [3.63, 3.8) is 0 Å². The van der Waals surface area contributed by atoms with Gasteiger partial charge < -0.3 is 9.47 Å². The Kier molecular flexibility index (Phi) is 3.44. The maximum absolute atomic E-state index is 10.7. The van der Waals surface area contributed by atoms with Crippen molar-refractivity contribution >= 4 is 17.6 Å². The van der Waals surface area contributed by atoms with Gasteiger partial charge in [-0.1, -0.05) is 6.07 Å². The highest BCUT2D eigenvalue weighted by molar-refractivity contribution is 7.17. The molecule has 0 amide bonds. The van der Waals surface area contributed by atoms with Crippen LogP contribution in [-0.2, 0) is 0 Å². The van der Waals surface area contributed by atoms with Gasteiger partial charge in [-0.2, -0.15) is 0 Å². The van der Waals surface area contributed by atoms with E-state index in [2.05, 4.69) is 0 Å². The minimum absolute atomic E-state index is 0.686. The Morgan fingerprint density at radius 2 is 1.94 bits per heavy atom. The number of carbonyl (C=O) groups excluding carboxylic acids is 1. The number of hydrogen-bond acceptors (Lipinski definition) is 4. The van der Waals surface area contributed by atoms with Crippen LogP contribution < -0.4 is 9.47 Å². The third-order valence-electron chi connectivity index (χ3n) is 2.41. The monoisotopic (exact) mass is 248 g/mol. The summed E-state index contributed by atoms with van der Waals surface area (Å²) < 4.78 is 10.6. The van der Waals surface area contributed by atoms with Crippen LogP contribution >= 0.6 is 11.3 Å². The fourth-order valence-electron chi connectivity index (χ4n) is 1.64. The second-order valence-electron chi connectivity index (χ2n) is 3.36. The normalized spacial score (nSPS) is 10.0. The molecule has 1 aromatic carbocycles. The average Bonchev–Trinajstić information content (AvgIpc) is 2.86. The first-order chi connectivity index (χ1) is 8.30. The minimum Gasteiger partial charge on any atom is -0.493 e. The molecule has 0 atom stereocenters. The third kappa shape index (κ3) is 2.17. The Hall–Kier alpha value is -1.81. The molecule has 0 spiro atoms. The molecule has 0 fully saturated rings. The molecule has 17 heavy (non-hydrogen) atoms. The van der Waals surface area contributed by atoms with E-state index in [1.807, 2.05) is 24.3 Å². The predicted octanol–water partition coefficient (Wildman–Crippen LogP) is 3.24. The summed E-state index contributed by atoms with van der Waals surface area (Å²) >= 11 is 1.43. The van der Waals surface area contributed by atoms with Gasteiger partial charge in [-0.3, -0.25) is 4.79 Å². The van der Waals surface area contributed by atoms with Crippen molar-refractivity contribution in [2.45, 2.75) is 0 Å². The highest BCUT2D eigenvalue weighted by Crippen LogP contribution is 2.40. The molecule has 0 unspecified atom stereocenters. The van der Waals surface area contributed by atoms with E-state index >= 15 is 0 Å². The van der Waals surface area contributed by atoms with E-state index in [-0.39, 0.29) is 0 Å². The zero-order chi connectivity index (χ0) is 12.3. The lowest BCUT2D eigenvalue weighted by molar-refractivity contribution is 0.112. The Balaban J connectivity index is 2.54. The van der Waals surface area contributed by atoms with Crippen LogP contribution in [0.4, 0.5) is 0 Å². The number of ether oxygens (including phenoxy) is 2. The molecular formula is C13H12O3S. The van der Waals surface area contributed by atoms with Crippen molar-refractivity contribution in [3.8, 4) is 21.9 Å². The molecule has 1 aromatic heterocycles. The molecule has 1 heterocycles. The summed E-state index contributed by atoms with van der Waals surface area (Å²) in [6.45, 7) is 0. The van der Waals surface area contributed by atoms with Gasteiger partial charge >= 0.3 is 0 Å². The first kappa shape index (κ1) is 11.7. The van der Waals surface area contributed by atoms with Crippen molar-refractivity contribution in [3.05, 3.63) is 35.2 Å². The minimum atomic E-state index is 0.686. The molecule has 0 bridgehead atoms. The molecule has 0 radical (unpaired) electrons. The van der Waals surface area contributed by atoms with Gasteiger partial charge in [-0.25, -0.2) is 0 Å². The number of aldehydes is 1. The molecule has 0 aliphatic carbocycles. The van der Waals surface area contributed by atoms with Gasteiger partial charge in [0, 0.05) is 10.4 Å². The van der Waals surface area contributed by atoms with E-state index in [0.29, 0.717) is 16.4 Å². The fraction of sp³-hybridized carbons (Fsp3) is 0.154. The number of rotatable bonds is 4. The summed E-state index contributed by atoms with van der Waals surface area (Å²) in [6.07, 6.45) is 0.848. The third-order valence-corrected chi connectivity index (χ3v) is 3.46. The van der Waals surface area contributed by atoms with Gasteiger partial charge in [0.1, 0.15) is 0 Å². The van der Waals surface area contributed by atoms with Crippen LogP contribution in [-0.4, -0.2) is 20.5 Å². The van der Waals surface area contributed by atoms with Crippen LogP contribution in [0.2, 0.25) is 0 Å². The van der Waals surface area contributed by atoms with E-state index in [9.17, 15) is 4.79 Å². The highest BCUT2D eigenvalue weighted by Gasteiger charge is 2.12. The van der Waals surface area contributed by atoms with Crippen LogP contribution in [0.25, 0.3) is 10.4 Å². The van der Waals surface area contributed by atoms with Gasteiger partial charge in [-0.05, 0) is 24.3 Å². The van der Waals surface area contributed by atoms with Crippen LogP contribution in [0, 0.1) is 0 Å². The zero-order valence-electron chi connectivity index (χ0n) is 9.60. The smallest absolute Gasteiger partial charge is 0.169 e. The molecule has 3 nitrogen and oxygen atoms in total. The summed E-state index contributed by atoms with van der Waals surface area (Å²) in [5.41, 5.74) is 0.935. The SMILES string of the molecule is COc1cccc(-c2ccc(C=O)s2)c1OC. The number of methoxy groups -OCH3 is 2. The number of hydrogen-bond donors (Lipinski definition) is 0. The van der Waals surface area contributed by atoms with Crippen molar-refractivity contribution in [1.29, 1.82) is 0 Å². The van der Waals surface area contributed by atoms with E-state index in [1.165, 1.54) is 11.3 Å². The predicted molar refractivity (Wildman–Crippen MR) is 68.2 cm³/mol. The van der Waals surface area contributed by atoms with Gasteiger partial charge in [0.15, 0.2) is 17.8 Å². The van der Waals surface area contributed by atoms with E-state index in [4.69, 9.17) is 9.47 Å². The number of benzene rings is 1. The first-order valence-corrected chi connectivity index (χ1v) is 5.88. The molecule has 2 rings (SSSR count). The first-order valence-electron chi connectivity index (χ1n) is 5.06. The number of para-hydroxylation sites is 1. The largest absolute Gasteiger partial charge is 0.493 e. The van der Waals surface area contributed by atoms with Gasteiger partial charge in [-0.15, -0.1) is 11.3 Å². The van der Waals surface area contributed by atoms with E-state index in [0.717, 1.165) is 16.7 Å². The van der Waals surface area contributed by atoms with Crippen molar-refractivity contribution in [2.75, 3.05) is 14.2 Å². The molecule has 0 aliphatic heterocycles. The lowest BCUT2D eigenvalue weighted by Crippen LogP contribution is -1.92. The van der Waals surface area contributed by atoms with Crippen LogP contribution in [0.3, 0.4) is 0 Å². The maximum atomic E-state index is 10.7. The summed E-state index contributed by atoms with van der Waals surface area (Å²) in [5, 5.41) is 0. The maximum Gasteiger partial charge on any atom is 0.169 e. The molecule has 0 N–H and O–H groups in total. The molecule has 4 heteroatoms. The van der Waals surface area contributed by atoms with E-state index in [1.54, 1.807) is 20.3 Å². The lowest BCUT2D eigenvalue weighted by Gasteiger charge is -2.11. The molecule has 0 saturated heterocycles. The standard InChI is InChI=1S/C13H12O3S/c1-15-11-5-3-4-10(13(11)16-2)12-7-6-9(8-14)17-12/h3-8H,1-2H3. The van der Waals surface area contributed by atoms with Crippen LogP contribution in [0.1, 0.15) is 9.67 Å². The fourth-order valence-corrected chi connectivity index (χ4v) is 2.49. The molecule has 0 aliphatic rings. The molecule has 2 aromatic rings. The van der Waals surface area contributed by atoms with E-state index < -0.39 is 0 Å². The average molecular weight is 248 g/mol.